The van der Waals surface area contributed by atoms with Crippen LogP contribution in [0, 0.1) is 0 Å². The molecule has 3 N–H and O–H groups in total. The highest BCUT2D eigenvalue weighted by atomic mass is 35.5. The molecule has 2 aromatic carbocycles. The Hall–Kier alpha value is -2.57. The topological polar surface area (TPSA) is 62.4 Å². The molecule has 0 saturated carbocycles. The number of allylic oxidation sites excluding steroid dienone is 1. The van der Waals surface area contributed by atoms with Gasteiger partial charge in [0.2, 0.25) is 0 Å². The van der Waals surface area contributed by atoms with Crippen LogP contribution in [-0.2, 0) is 4.79 Å². The van der Waals surface area contributed by atoms with E-state index in [1.165, 1.54) is 0 Å². The van der Waals surface area contributed by atoms with Crippen molar-refractivity contribution in [2.75, 3.05) is 11.9 Å². The van der Waals surface area contributed by atoms with Crippen LogP contribution in [0.3, 0.4) is 0 Å². The maximum Gasteiger partial charge on any atom is 0.255 e. The van der Waals surface area contributed by atoms with Gasteiger partial charge in [0.25, 0.3) is 5.91 Å². The fourth-order valence-electron chi connectivity index (χ4n) is 2.90. The Morgan fingerprint density at radius 2 is 1.85 bits per heavy atom. The van der Waals surface area contributed by atoms with E-state index in [1.807, 2.05) is 38.1 Å². The number of ether oxygens (including phenoxy) is 1. The lowest BCUT2D eigenvalue weighted by Crippen LogP contribution is -2.45. The Morgan fingerprint density at radius 1 is 1.19 bits per heavy atom. The second-order valence-electron chi connectivity index (χ2n) is 6.03. The number of nitrogens with one attached hydrogen (secondary N) is 3. The van der Waals surface area contributed by atoms with Crippen LogP contribution < -0.4 is 20.7 Å². The first-order valence-electron chi connectivity index (χ1n) is 8.56. The van der Waals surface area contributed by atoms with E-state index in [0.717, 1.165) is 11.3 Å². The van der Waals surface area contributed by atoms with Gasteiger partial charge < -0.3 is 20.7 Å². The SMILES string of the molecule is CCOc1ccc(C2NC(=S)NC(C)=C2C(=O)Nc2ccc(Cl)cc2)cc1. The minimum atomic E-state index is -0.360. The van der Waals surface area contributed by atoms with Crippen molar-refractivity contribution in [2.45, 2.75) is 19.9 Å². The molecule has 1 heterocycles. The summed E-state index contributed by atoms with van der Waals surface area (Å²) in [4.78, 5) is 13.0. The zero-order valence-corrected chi connectivity index (χ0v) is 16.6. The summed E-state index contributed by atoms with van der Waals surface area (Å²) in [5.74, 6) is 0.571. The number of anilines is 1. The average Bonchev–Trinajstić information content (AvgIpc) is 2.64. The Morgan fingerprint density at radius 3 is 2.48 bits per heavy atom. The molecule has 0 radical (unpaired) electrons. The van der Waals surface area contributed by atoms with Gasteiger partial charge >= 0.3 is 0 Å². The van der Waals surface area contributed by atoms with Crippen molar-refractivity contribution in [1.82, 2.24) is 10.6 Å². The summed E-state index contributed by atoms with van der Waals surface area (Å²) in [6, 6.07) is 14.3. The molecule has 5 nitrogen and oxygen atoms in total. The Labute approximate surface area is 168 Å². The van der Waals surface area contributed by atoms with Gasteiger partial charge in [-0.15, -0.1) is 0 Å². The number of thiocarbonyl (C=S) groups is 1. The molecular weight excluding hydrogens is 382 g/mol. The first-order chi connectivity index (χ1) is 13.0. The molecule has 1 amide bonds. The molecule has 0 spiro atoms. The van der Waals surface area contributed by atoms with Gasteiger partial charge in [-0.2, -0.15) is 0 Å². The zero-order chi connectivity index (χ0) is 19.4. The van der Waals surface area contributed by atoms with Gasteiger partial charge in [0, 0.05) is 16.4 Å². The van der Waals surface area contributed by atoms with Crippen LogP contribution in [0.15, 0.2) is 59.8 Å². The van der Waals surface area contributed by atoms with Crippen molar-refractivity contribution in [1.29, 1.82) is 0 Å². The molecule has 0 aliphatic carbocycles. The smallest absolute Gasteiger partial charge is 0.255 e. The van der Waals surface area contributed by atoms with E-state index in [1.54, 1.807) is 24.3 Å². The second-order valence-corrected chi connectivity index (χ2v) is 6.88. The quantitative estimate of drug-likeness (QED) is 0.656. The Bertz CT molecular complexity index is 879. The Balaban J connectivity index is 1.89. The number of halogens is 1. The number of amides is 1. The Kier molecular flexibility index (Phi) is 5.98. The van der Waals surface area contributed by atoms with E-state index in [0.29, 0.717) is 33.7 Å². The van der Waals surface area contributed by atoms with Crippen LogP contribution in [-0.4, -0.2) is 17.6 Å². The summed E-state index contributed by atoms with van der Waals surface area (Å²) in [6.45, 7) is 4.38. The standard InChI is InChI=1S/C20H20ClN3O2S/c1-3-26-16-10-4-13(5-11-16)18-17(12(2)22-20(27)24-18)19(25)23-15-8-6-14(21)7-9-15/h4-11,18H,3H2,1-2H3,(H,23,25)(H2,22,24,27). The fraction of sp³-hybridized carbons (Fsp3) is 0.200. The van der Waals surface area contributed by atoms with E-state index in [9.17, 15) is 4.79 Å². The molecule has 0 saturated heterocycles. The summed E-state index contributed by atoms with van der Waals surface area (Å²) in [5, 5.41) is 10.2. The van der Waals surface area contributed by atoms with Crippen molar-refractivity contribution >= 4 is 40.5 Å². The monoisotopic (exact) mass is 401 g/mol. The summed E-state index contributed by atoms with van der Waals surface area (Å²) in [5.41, 5.74) is 2.87. The molecule has 1 atom stereocenters. The minimum absolute atomic E-state index is 0.212. The lowest BCUT2D eigenvalue weighted by atomic mass is 9.95. The minimum Gasteiger partial charge on any atom is -0.494 e. The molecule has 1 aliphatic heterocycles. The highest BCUT2D eigenvalue weighted by Gasteiger charge is 2.29. The van der Waals surface area contributed by atoms with Crippen molar-refractivity contribution in [3.63, 3.8) is 0 Å². The molecule has 3 rings (SSSR count). The van der Waals surface area contributed by atoms with Crippen LogP contribution in [0.1, 0.15) is 25.5 Å². The first-order valence-corrected chi connectivity index (χ1v) is 9.34. The number of carbonyl (C=O) groups excluding carboxylic acids is 1. The second kappa shape index (κ2) is 8.41. The van der Waals surface area contributed by atoms with E-state index in [-0.39, 0.29) is 11.9 Å². The predicted octanol–water partition coefficient (Wildman–Crippen LogP) is 4.17. The summed E-state index contributed by atoms with van der Waals surface area (Å²) >= 11 is 11.2. The molecule has 140 valence electrons. The number of carbonyl (C=O) groups is 1. The van der Waals surface area contributed by atoms with Crippen LogP contribution in [0.5, 0.6) is 5.75 Å². The van der Waals surface area contributed by atoms with E-state index < -0.39 is 0 Å². The molecule has 1 aliphatic rings. The van der Waals surface area contributed by atoms with Gasteiger partial charge in [-0.05, 0) is 68.0 Å². The molecule has 2 aromatic rings. The maximum absolute atomic E-state index is 13.0. The number of rotatable bonds is 5. The number of benzene rings is 2. The fourth-order valence-corrected chi connectivity index (χ4v) is 3.30. The third-order valence-corrected chi connectivity index (χ3v) is 4.61. The molecule has 0 fully saturated rings. The molecule has 1 unspecified atom stereocenters. The van der Waals surface area contributed by atoms with E-state index in [2.05, 4.69) is 16.0 Å². The molecule has 27 heavy (non-hydrogen) atoms. The van der Waals surface area contributed by atoms with E-state index >= 15 is 0 Å². The maximum atomic E-state index is 13.0. The van der Waals surface area contributed by atoms with Crippen LogP contribution in [0.4, 0.5) is 5.69 Å². The molecular formula is C20H20ClN3O2S. The zero-order valence-electron chi connectivity index (χ0n) is 15.0. The molecule has 7 heteroatoms. The van der Waals surface area contributed by atoms with E-state index in [4.69, 9.17) is 28.6 Å². The average molecular weight is 402 g/mol. The summed E-state index contributed by atoms with van der Waals surface area (Å²) in [6.07, 6.45) is 0. The van der Waals surface area contributed by atoms with Crippen molar-refractivity contribution in [3.8, 4) is 5.75 Å². The lowest BCUT2D eigenvalue weighted by Gasteiger charge is -2.30. The molecule has 0 bridgehead atoms. The molecule has 0 aromatic heterocycles. The largest absolute Gasteiger partial charge is 0.494 e. The third kappa shape index (κ3) is 4.59. The summed E-state index contributed by atoms with van der Waals surface area (Å²) < 4.78 is 5.49. The van der Waals surface area contributed by atoms with Gasteiger partial charge in [-0.3, -0.25) is 4.79 Å². The lowest BCUT2D eigenvalue weighted by molar-refractivity contribution is -0.113. The highest BCUT2D eigenvalue weighted by Crippen LogP contribution is 2.29. The van der Waals surface area contributed by atoms with Crippen molar-refractivity contribution < 1.29 is 9.53 Å². The van der Waals surface area contributed by atoms with Gasteiger partial charge in [0.05, 0.1) is 18.2 Å². The van der Waals surface area contributed by atoms with Crippen molar-refractivity contribution in [3.05, 3.63) is 70.4 Å². The van der Waals surface area contributed by atoms with Crippen molar-refractivity contribution in [2.24, 2.45) is 0 Å². The number of hydrogen-bond acceptors (Lipinski definition) is 3. The van der Waals surface area contributed by atoms with Crippen LogP contribution >= 0.6 is 23.8 Å². The number of hydrogen-bond donors (Lipinski definition) is 3. The van der Waals surface area contributed by atoms with Gasteiger partial charge in [0.1, 0.15) is 5.75 Å². The normalized spacial score (nSPS) is 16.4. The summed E-state index contributed by atoms with van der Waals surface area (Å²) in [7, 11) is 0. The predicted molar refractivity (Wildman–Crippen MR) is 112 cm³/mol. The van der Waals surface area contributed by atoms with Crippen LogP contribution in [0.25, 0.3) is 0 Å². The van der Waals surface area contributed by atoms with Gasteiger partial charge in [0.15, 0.2) is 5.11 Å². The third-order valence-electron chi connectivity index (χ3n) is 4.14. The highest BCUT2D eigenvalue weighted by molar-refractivity contribution is 7.80. The van der Waals surface area contributed by atoms with Gasteiger partial charge in [-0.25, -0.2) is 0 Å². The van der Waals surface area contributed by atoms with Gasteiger partial charge in [-0.1, -0.05) is 23.7 Å². The van der Waals surface area contributed by atoms with Crippen LogP contribution in [0.2, 0.25) is 5.02 Å². The first kappa shape index (κ1) is 19.2.